The predicted octanol–water partition coefficient (Wildman–Crippen LogP) is 3.32. The van der Waals surface area contributed by atoms with E-state index in [9.17, 15) is 4.79 Å². The molecular weight excluding hydrogens is 188 g/mol. The molecular formula is C13H22O2. The first-order chi connectivity index (χ1) is 7.06. The van der Waals surface area contributed by atoms with E-state index in [-0.39, 0.29) is 11.6 Å². The summed E-state index contributed by atoms with van der Waals surface area (Å²) >= 11 is 0. The third-order valence-electron chi connectivity index (χ3n) is 3.94. The molecule has 0 radical (unpaired) electrons. The summed E-state index contributed by atoms with van der Waals surface area (Å²) in [6, 6.07) is 0. The minimum atomic E-state index is -0.274. The van der Waals surface area contributed by atoms with E-state index < -0.39 is 0 Å². The van der Waals surface area contributed by atoms with Gasteiger partial charge in [-0.3, -0.25) is 0 Å². The van der Waals surface area contributed by atoms with E-state index in [0.717, 1.165) is 25.7 Å². The van der Waals surface area contributed by atoms with Crippen LogP contribution in [0.2, 0.25) is 0 Å². The summed E-state index contributed by atoms with van der Waals surface area (Å²) in [7, 11) is 0. The molecule has 0 spiro atoms. The highest BCUT2D eigenvalue weighted by molar-refractivity contribution is 5.81. The molecule has 0 amide bonds. The van der Waals surface area contributed by atoms with E-state index in [4.69, 9.17) is 4.74 Å². The fraction of sp³-hybridized carbons (Fsp3) is 0.769. The average Bonchev–Trinajstić information content (AvgIpc) is 2.60. The molecule has 86 valence electrons. The molecule has 0 bridgehead atoms. The van der Waals surface area contributed by atoms with Crippen LogP contribution in [0.15, 0.2) is 12.7 Å². The molecule has 0 heterocycles. The van der Waals surface area contributed by atoms with E-state index in [1.807, 2.05) is 0 Å². The fourth-order valence-electron chi connectivity index (χ4n) is 2.73. The molecule has 0 aromatic rings. The second-order valence-electron chi connectivity index (χ2n) is 4.68. The summed E-state index contributed by atoms with van der Waals surface area (Å²) in [6.45, 7) is 9.99. The van der Waals surface area contributed by atoms with Crippen LogP contribution in [0.1, 0.15) is 46.5 Å². The third kappa shape index (κ3) is 2.24. The number of carbonyl (C=O) groups is 1. The number of rotatable bonds is 4. The zero-order chi connectivity index (χ0) is 11.5. The lowest BCUT2D eigenvalue weighted by atomic mass is 9.79. The summed E-state index contributed by atoms with van der Waals surface area (Å²) in [4.78, 5) is 11.4. The number of carbonyl (C=O) groups excluding carboxylic acids is 1. The lowest BCUT2D eigenvalue weighted by Crippen LogP contribution is -2.43. The van der Waals surface area contributed by atoms with Crippen LogP contribution in [0.25, 0.3) is 0 Å². The zero-order valence-electron chi connectivity index (χ0n) is 10.1. The van der Waals surface area contributed by atoms with E-state index in [2.05, 4.69) is 27.4 Å². The number of ether oxygens (including phenoxy) is 1. The lowest BCUT2D eigenvalue weighted by Gasteiger charge is -2.38. The monoisotopic (exact) mass is 210 g/mol. The van der Waals surface area contributed by atoms with Gasteiger partial charge in [0.2, 0.25) is 0 Å². The normalized spacial score (nSPS) is 32.3. The molecule has 0 aromatic heterocycles. The molecule has 3 atom stereocenters. The topological polar surface area (TPSA) is 26.3 Å². The van der Waals surface area contributed by atoms with E-state index in [1.165, 1.54) is 6.08 Å². The van der Waals surface area contributed by atoms with Crippen LogP contribution in [0.3, 0.4) is 0 Å². The van der Waals surface area contributed by atoms with Crippen molar-refractivity contribution in [2.45, 2.75) is 52.1 Å². The zero-order valence-corrected chi connectivity index (χ0v) is 10.1. The smallest absolute Gasteiger partial charge is 0.330 e. The molecule has 0 aliphatic heterocycles. The van der Waals surface area contributed by atoms with Crippen molar-refractivity contribution in [2.75, 3.05) is 0 Å². The number of hydrogen-bond acceptors (Lipinski definition) is 2. The predicted molar refractivity (Wildman–Crippen MR) is 61.5 cm³/mol. The largest absolute Gasteiger partial charge is 0.455 e. The van der Waals surface area contributed by atoms with Crippen LogP contribution < -0.4 is 0 Å². The molecule has 1 saturated carbocycles. The number of esters is 1. The van der Waals surface area contributed by atoms with Gasteiger partial charge in [0.25, 0.3) is 0 Å². The van der Waals surface area contributed by atoms with E-state index in [0.29, 0.717) is 11.8 Å². The van der Waals surface area contributed by atoms with Crippen molar-refractivity contribution in [3.63, 3.8) is 0 Å². The van der Waals surface area contributed by atoms with Gasteiger partial charge in [0, 0.05) is 6.08 Å². The van der Waals surface area contributed by atoms with Crippen molar-refractivity contribution in [1.29, 1.82) is 0 Å². The van der Waals surface area contributed by atoms with Crippen LogP contribution in [0, 0.1) is 11.8 Å². The van der Waals surface area contributed by atoms with Gasteiger partial charge in [0.05, 0.1) is 0 Å². The van der Waals surface area contributed by atoms with Gasteiger partial charge < -0.3 is 4.74 Å². The van der Waals surface area contributed by atoms with Gasteiger partial charge in [-0.05, 0) is 37.5 Å². The fourth-order valence-corrected chi connectivity index (χ4v) is 2.73. The van der Waals surface area contributed by atoms with Crippen molar-refractivity contribution >= 4 is 5.97 Å². The van der Waals surface area contributed by atoms with Crippen molar-refractivity contribution in [3.05, 3.63) is 12.7 Å². The Balaban J connectivity index is 2.85. The van der Waals surface area contributed by atoms with Gasteiger partial charge >= 0.3 is 5.97 Å². The van der Waals surface area contributed by atoms with Gasteiger partial charge in [0.15, 0.2) is 0 Å². The van der Waals surface area contributed by atoms with E-state index in [1.54, 1.807) is 0 Å². The third-order valence-corrected chi connectivity index (χ3v) is 3.94. The summed E-state index contributed by atoms with van der Waals surface area (Å²) in [5, 5.41) is 0. The highest BCUT2D eigenvalue weighted by Crippen LogP contribution is 2.45. The Kier molecular flexibility index (Phi) is 3.95. The molecule has 1 fully saturated rings. The molecule has 0 aromatic carbocycles. The lowest BCUT2D eigenvalue weighted by molar-refractivity contribution is -0.164. The molecule has 0 N–H and O–H groups in total. The Morgan fingerprint density at radius 3 is 2.80 bits per heavy atom. The van der Waals surface area contributed by atoms with Gasteiger partial charge in [-0.25, -0.2) is 4.79 Å². The molecule has 1 aliphatic rings. The SMILES string of the molecule is C=CC(=O)OC1(C(C)CC)CCCC1C. The van der Waals surface area contributed by atoms with Crippen molar-refractivity contribution < 1.29 is 9.53 Å². The van der Waals surface area contributed by atoms with Crippen molar-refractivity contribution in [3.8, 4) is 0 Å². The standard InChI is InChI=1S/C13H22O2/c1-5-10(3)13(15-12(14)6-2)9-7-8-11(13)4/h6,10-11H,2,5,7-9H2,1,3-4H3. The molecule has 2 heteroatoms. The molecule has 2 nitrogen and oxygen atoms in total. The maximum Gasteiger partial charge on any atom is 0.330 e. The highest BCUT2D eigenvalue weighted by Gasteiger charge is 2.46. The minimum absolute atomic E-state index is 0.236. The van der Waals surface area contributed by atoms with E-state index >= 15 is 0 Å². The van der Waals surface area contributed by atoms with Crippen molar-refractivity contribution in [2.24, 2.45) is 11.8 Å². The minimum Gasteiger partial charge on any atom is -0.455 e. The molecule has 1 aliphatic carbocycles. The van der Waals surface area contributed by atoms with Crippen LogP contribution in [0.4, 0.5) is 0 Å². The summed E-state index contributed by atoms with van der Waals surface area (Å²) < 4.78 is 5.66. The Bertz CT molecular complexity index is 247. The average molecular weight is 210 g/mol. The Morgan fingerprint density at radius 1 is 1.73 bits per heavy atom. The van der Waals surface area contributed by atoms with Crippen molar-refractivity contribution in [1.82, 2.24) is 0 Å². The maximum atomic E-state index is 11.4. The molecule has 0 saturated heterocycles. The maximum absolute atomic E-state index is 11.4. The molecule has 1 rings (SSSR count). The first kappa shape index (κ1) is 12.3. The summed E-state index contributed by atoms with van der Waals surface area (Å²) in [5.74, 6) is 0.624. The van der Waals surface area contributed by atoms with Crippen LogP contribution in [-0.4, -0.2) is 11.6 Å². The Morgan fingerprint density at radius 2 is 2.40 bits per heavy atom. The van der Waals surface area contributed by atoms with Gasteiger partial charge in [-0.2, -0.15) is 0 Å². The second-order valence-corrected chi connectivity index (χ2v) is 4.68. The Labute approximate surface area is 92.7 Å². The number of hydrogen-bond donors (Lipinski definition) is 0. The highest BCUT2D eigenvalue weighted by atomic mass is 16.6. The van der Waals surface area contributed by atoms with Crippen LogP contribution in [-0.2, 0) is 9.53 Å². The molecule has 3 unspecified atom stereocenters. The van der Waals surface area contributed by atoms with Crippen LogP contribution >= 0.6 is 0 Å². The molecule has 15 heavy (non-hydrogen) atoms. The van der Waals surface area contributed by atoms with Gasteiger partial charge in [-0.15, -0.1) is 0 Å². The van der Waals surface area contributed by atoms with Crippen LogP contribution in [0.5, 0.6) is 0 Å². The first-order valence-corrected chi connectivity index (χ1v) is 5.92. The van der Waals surface area contributed by atoms with Gasteiger partial charge in [-0.1, -0.05) is 27.4 Å². The van der Waals surface area contributed by atoms with Gasteiger partial charge in [0.1, 0.15) is 5.60 Å². The quantitative estimate of drug-likeness (QED) is 0.525. The second kappa shape index (κ2) is 4.82. The summed E-state index contributed by atoms with van der Waals surface area (Å²) in [6.07, 6.45) is 5.65. The summed E-state index contributed by atoms with van der Waals surface area (Å²) in [5.41, 5.74) is -0.236. The first-order valence-electron chi connectivity index (χ1n) is 5.92. The Hall–Kier alpha value is -0.790.